The molecule has 0 saturated heterocycles. The Morgan fingerprint density at radius 3 is 2.69 bits per heavy atom. The number of hydrogen-bond donors (Lipinski definition) is 1. The molecule has 4 aromatic rings. The van der Waals surface area contributed by atoms with Crippen LogP contribution in [-0.4, -0.2) is 10.9 Å². The third-order valence-corrected chi connectivity index (χ3v) is 7.34. The van der Waals surface area contributed by atoms with Crippen molar-refractivity contribution in [2.24, 2.45) is 0 Å². The zero-order valence-electron chi connectivity index (χ0n) is 17.9. The fourth-order valence-corrected chi connectivity index (χ4v) is 5.60. The van der Waals surface area contributed by atoms with E-state index < -0.39 is 0 Å². The molecule has 2 aromatic heterocycles. The number of rotatable bonds is 4. The van der Waals surface area contributed by atoms with Gasteiger partial charge in [0, 0.05) is 15.8 Å². The zero-order valence-corrected chi connectivity index (χ0v) is 18.8. The molecule has 158 valence electrons. The first-order valence-electron chi connectivity index (χ1n) is 11.0. The number of para-hydroxylation sites is 1. The molecule has 1 amide bonds. The van der Waals surface area contributed by atoms with E-state index in [1.165, 1.54) is 10.4 Å². The molecular weight excluding hydrogens is 414 g/mol. The lowest BCUT2D eigenvalue weighted by molar-refractivity contribution is 0.102. The van der Waals surface area contributed by atoms with Crippen LogP contribution < -0.4 is 5.32 Å². The molecule has 1 aliphatic rings. The number of hydrogen-bond acceptors (Lipinski definition) is 4. The van der Waals surface area contributed by atoms with Gasteiger partial charge in [-0.2, -0.15) is 5.26 Å². The number of nitrogens with zero attached hydrogens (tertiary/aromatic N) is 2. The quantitative estimate of drug-likeness (QED) is 0.395. The number of fused-ring (bicyclic) bond motifs is 2. The van der Waals surface area contributed by atoms with E-state index in [1.807, 2.05) is 30.3 Å². The maximum Gasteiger partial charge on any atom is 0.257 e. The highest BCUT2D eigenvalue weighted by molar-refractivity contribution is 7.16. The summed E-state index contributed by atoms with van der Waals surface area (Å²) in [6.45, 7) is 2.13. The molecule has 0 saturated carbocycles. The topological polar surface area (TPSA) is 65.8 Å². The molecule has 0 spiro atoms. The van der Waals surface area contributed by atoms with Crippen molar-refractivity contribution in [3.8, 4) is 17.3 Å². The molecule has 5 heteroatoms. The highest BCUT2D eigenvalue weighted by Gasteiger charge is 2.23. The Morgan fingerprint density at radius 1 is 1.12 bits per heavy atom. The first kappa shape index (κ1) is 20.4. The van der Waals surface area contributed by atoms with Crippen LogP contribution >= 0.6 is 11.3 Å². The molecule has 1 aliphatic carbocycles. The third-order valence-electron chi connectivity index (χ3n) is 6.13. The van der Waals surface area contributed by atoms with Crippen molar-refractivity contribution in [1.29, 1.82) is 5.26 Å². The maximum absolute atomic E-state index is 13.5. The molecule has 2 aromatic carbocycles. The lowest BCUT2D eigenvalue weighted by Gasteiger charge is -2.11. The molecule has 0 bridgehead atoms. The summed E-state index contributed by atoms with van der Waals surface area (Å²) < 4.78 is 0. The Hall–Kier alpha value is -3.49. The van der Waals surface area contributed by atoms with Crippen LogP contribution in [0.15, 0.2) is 54.6 Å². The molecule has 0 atom stereocenters. The Balaban J connectivity index is 1.57. The van der Waals surface area contributed by atoms with Gasteiger partial charge < -0.3 is 5.32 Å². The maximum atomic E-state index is 13.5. The normalized spacial score (nSPS) is 12.9. The summed E-state index contributed by atoms with van der Waals surface area (Å²) in [5, 5.41) is 14.3. The van der Waals surface area contributed by atoms with Crippen LogP contribution in [0.4, 0.5) is 5.00 Å². The lowest BCUT2D eigenvalue weighted by Crippen LogP contribution is -2.13. The summed E-state index contributed by atoms with van der Waals surface area (Å²) in [4.78, 5) is 19.5. The van der Waals surface area contributed by atoms with Crippen LogP contribution in [0.5, 0.6) is 0 Å². The van der Waals surface area contributed by atoms with Gasteiger partial charge in [0.15, 0.2) is 0 Å². The van der Waals surface area contributed by atoms with Crippen molar-refractivity contribution >= 4 is 33.1 Å². The molecule has 32 heavy (non-hydrogen) atoms. The molecule has 4 nitrogen and oxygen atoms in total. The SMILES string of the molecule is CCc1ccc(-c2cc(C(=O)Nc3sc4c(c3C#N)CCCC4)c3ccccc3n2)cc1. The van der Waals surface area contributed by atoms with E-state index >= 15 is 0 Å². The van der Waals surface area contributed by atoms with Gasteiger partial charge in [0.25, 0.3) is 5.91 Å². The van der Waals surface area contributed by atoms with E-state index in [1.54, 1.807) is 11.3 Å². The largest absolute Gasteiger partial charge is 0.312 e. The van der Waals surface area contributed by atoms with E-state index in [9.17, 15) is 10.1 Å². The number of nitriles is 1. The van der Waals surface area contributed by atoms with Crippen molar-refractivity contribution in [2.75, 3.05) is 5.32 Å². The van der Waals surface area contributed by atoms with Crippen molar-refractivity contribution < 1.29 is 4.79 Å². The summed E-state index contributed by atoms with van der Waals surface area (Å²) in [5.41, 5.74) is 6.11. The standard InChI is InChI=1S/C27H23N3OS/c1-2-17-11-13-18(14-12-17)24-15-21(19-7-3-5-9-23(19)29-24)26(31)30-27-22(16-28)20-8-4-6-10-25(20)32-27/h3,5,7,9,11-15H,2,4,6,8,10H2,1H3,(H,30,31). The van der Waals surface area contributed by atoms with Crippen LogP contribution in [0, 0.1) is 11.3 Å². The van der Waals surface area contributed by atoms with Crippen molar-refractivity contribution in [1.82, 2.24) is 4.98 Å². The molecule has 0 unspecified atom stereocenters. The molecule has 0 fully saturated rings. The average molecular weight is 438 g/mol. The van der Waals surface area contributed by atoms with Crippen LogP contribution in [0.3, 0.4) is 0 Å². The number of anilines is 1. The lowest BCUT2D eigenvalue weighted by atomic mass is 9.96. The zero-order chi connectivity index (χ0) is 22.1. The van der Waals surface area contributed by atoms with E-state index in [-0.39, 0.29) is 5.91 Å². The number of benzene rings is 2. The molecule has 0 aliphatic heterocycles. The summed E-state index contributed by atoms with van der Waals surface area (Å²) in [6, 6.07) is 20.2. The fraction of sp³-hybridized carbons (Fsp3) is 0.222. The van der Waals surface area contributed by atoms with Crippen LogP contribution in [0.2, 0.25) is 0 Å². The number of thiophene rings is 1. The third kappa shape index (κ3) is 3.68. The first-order chi connectivity index (χ1) is 15.7. The van der Waals surface area contributed by atoms with E-state index in [4.69, 9.17) is 4.98 Å². The number of carbonyl (C=O) groups is 1. The monoisotopic (exact) mass is 437 g/mol. The summed E-state index contributed by atoms with van der Waals surface area (Å²) in [5.74, 6) is -0.204. The van der Waals surface area contributed by atoms with Crippen molar-refractivity contribution in [3.63, 3.8) is 0 Å². The minimum absolute atomic E-state index is 0.204. The number of aryl methyl sites for hydroxylation is 2. The molecule has 2 heterocycles. The smallest absolute Gasteiger partial charge is 0.257 e. The minimum Gasteiger partial charge on any atom is -0.312 e. The molecule has 1 N–H and O–H groups in total. The van der Waals surface area contributed by atoms with Crippen LogP contribution in [-0.2, 0) is 19.3 Å². The Morgan fingerprint density at radius 2 is 1.91 bits per heavy atom. The Bertz CT molecular complexity index is 1360. The van der Waals surface area contributed by atoms with E-state index in [0.717, 1.165) is 59.8 Å². The van der Waals surface area contributed by atoms with Crippen molar-refractivity contribution in [3.05, 3.63) is 81.7 Å². The average Bonchev–Trinajstić information content (AvgIpc) is 3.20. The molecular formula is C27H23N3OS. The van der Waals surface area contributed by atoms with E-state index in [0.29, 0.717) is 16.1 Å². The van der Waals surface area contributed by atoms with Crippen molar-refractivity contribution in [2.45, 2.75) is 39.0 Å². The molecule has 0 radical (unpaired) electrons. The second-order valence-electron chi connectivity index (χ2n) is 8.10. The van der Waals surface area contributed by atoms with Gasteiger partial charge in [-0.25, -0.2) is 4.98 Å². The number of carbonyl (C=O) groups excluding carboxylic acids is 1. The Kier molecular flexibility index (Phi) is 5.46. The predicted molar refractivity (Wildman–Crippen MR) is 130 cm³/mol. The fourth-order valence-electron chi connectivity index (χ4n) is 4.37. The van der Waals surface area contributed by atoms with E-state index in [2.05, 4.69) is 42.6 Å². The second kappa shape index (κ2) is 8.57. The number of amides is 1. The number of nitrogens with one attached hydrogen (secondary N) is 1. The summed E-state index contributed by atoms with van der Waals surface area (Å²) in [6.07, 6.45) is 5.12. The highest BCUT2D eigenvalue weighted by atomic mass is 32.1. The van der Waals surface area contributed by atoms with Gasteiger partial charge in [-0.15, -0.1) is 11.3 Å². The first-order valence-corrected chi connectivity index (χ1v) is 11.8. The van der Waals surface area contributed by atoms with Gasteiger partial charge >= 0.3 is 0 Å². The van der Waals surface area contributed by atoms with Crippen LogP contribution in [0.25, 0.3) is 22.2 Å². The molecule has 5 rings (SSSR count). The predicted octanol–water partition coefficient (Wildman–Crippen LogP) is 6.53. The summed E-state index contributed by atoms with van der Waals surface area (Å²) >= 11 is 1.55. The van der Waals surface area contributed by atoms with Crippen LogP contribution in [0.1, 0.15) is 51.7 Å². The second-order valence-corrected chi connectivity index (χ2v) is 9.21. The minimum atomic E-state index is -0.204. The Labute approximate surface area is 191 Å². The number of pyridine rings is 1. The van der Waals surface area contributed by atoms with Gasteiger partial charge in [-0.05, 0) is 55.4 Å². The van der Waals surface area contributed by atoms with Gasteiger partial charge in [-0.3, -0.25) is 4.79 Å². The summed E-state index contributed by atoms with van der Waals surface area (Å²) in [7, 11) is 0. The number of aromatic nitrogens is 1. The van der Waals surface area contributed by atoms with Gasteiger partial charge in [0.1, 0.15) is 11.1 Å². The van der Waals surface area contributed by atoms with Gasteiger partial charge in [-0.1, -0.05) is 49.4 Å². The van der Waals surface area contributed by atoms with Gasteiger partial charge in [0.05, 0.1) is 22.3 Å². The van der Waals surface area contributed by atoms with Gasteiger partial charge in [0.2, 0.25) is 0 Å². The highest BCUT2D eigenvalue weighted by Crippen LogP contribution is 2.38.